The molecule has 0 heterocycles. The second-order valence-electron chi connectivity index (χ2n) is 5.16. The number of hydrogen-bond donors (Lipinski definition) is 3. The van der Waals surface area contributed by atoms with Gasteiger partial charge in [0, 0.05) is 19.1 Å². The van der Waals surface area contributed by atoms with E-state index in [4.69, 9.17) is 5.11 Å². The van der Waals surface area contributed by atoms with Crippen LogP contribution in [0.2, 0.25) is 0 Å². The number of amides is 2. The van der Waals surface area contributed by atoms with Crippen LogP contribution in [0.3, 0.4) is 0 Å². The summed E-state index contributed by atoms with van der Waals surface area (Å²) < 4.78 is 25.5. The predicted molar refractivity (Wildman–Crippen MR) is 81.7 cm³/mol. The summed E-state index contributed by atoms with van der Waals surface area (Å²) in [6.07, 6.45) is 1.95. The summed E-state index contributed by atoms with van der Waals surface area (Å²) in [6.45, 7) is 0.587. The summed E-state index contributed by atoms with van der Waals surface area (Å²) in [5, 5.41) is 11.8. The molecule has 1 saturated carbocycles. The van der Waals surface area contributed by atoms with E-state index in [0.29, 0.717) is 13.1 Å². The predicted octanol–water partition coefficient (Wildman–Crippen LogP) is 0.261. The summed E-state index contributed by atoms with van der Waals surface area (Å²) in [5.74, 6) is 0. The van der Waals surface area contributed by atoms with Gasteiger partial charge in [0.2, 0.25) is 10.0 Å². The first kappa shape index (κ1) is 16.7. The molecule has 22 heavy (non-hydrogen) atoms. The van der Waals surface area contributed by atoms with Crippen LogP contribution in [0.4, 0.5) is 4.79 Å². The lowest BCUT2D eigenvalue weighted by Gasteiger charge is -2.21. The van der Waals surface area contributed by atoms with Gasteiger partial charge < -0.3 is 15.3 Å². The third kappa shape index (κ3) is 4.19. The molecule has 0 radical (unpaired) electrons. The molecule has 0 atom stereocenters. The van der Waals surface area contributed by atoms with Crippen LogP contribution in [0, 0.1) is 0 Å². The van der Waals surface area contributed by atoms with Crippen molar-refractivity contribution in [3.05, 3.63) is 29.8 Å². The monoisotopic (exact) mass is 327 g/mol. The second kappa shape index (κ2) is 7.08. The van der Waals surface area contributed by atoms with E-state index < -0.39 is 10.0 Å². The summed E-state index contributed by atoms with van der Waals surface area (Å²) in [5.41, 5.74) is 0.808. The van der Waals surface area contributed by atoms with Gasteiger partial charge in [-0.25, -0.2) is 17.9 Å². The van der Waals surface area contributed by atoms with Gasteiger partial charge >= 0.3 is 6.03 Å². The number of hydrogen-bond acceptors (Lipinski definition) is 4. The Bertz CT molecular complexity index is 611. The Labute approximate surface area is 130 Å². The number of aliphatic hydroxyl groups is 1. The summed E-state index contributed by atoms with van der Waals surface area (Å²) in [6, 6.07) is 6.36. The lowest BCUT2D eigenvalue weighted by molar-refractivity contribution is 0.173. The highest BCUT2D eigenvalue weighted by Crippen LogP contribution is 2.26. The summed E-state index contributed by atoms with van der Waals surface area (Å²) >= 11 is 0. The van der Waals surface area contributed by atoms with Crippen LogP contribution in [0.1, 0.15) is 18.4 Å². The maximum Gasteiger partial charge on any atom is 0.317 e. The van der Waals surface area contributed by atoms with Gasteiger partial charge in [0.15, 0.2) is 0 Å². The maximum absolute atomic E-state index is 12.1. The molecule has 0 aromatic heterocycles. The Morgan fingerprint density at radius 2 is 1.95 bits per heavy atom. The number of carbonyl (C=O) groups excluding carboxylic acids is 1. The van der Waals surface area contributed by atoms with Gasteiger partial charge in [-0.15, -0.1) is 0 Å². The molecular formula is C14H21N3O4S. The van der Waals surface area contributed by atoms with Crippen LogP contribution in [-0.2, 0) is 16.6 Å². The van der Waals surface area contributed by atoms with Crippen LogP contribution < -0.4 is 10.0 Å². The maximum atomic E-state index is 12.1. The molecule has 0 saturated heterocycles. The average Bonchev–Trinajstić information content (AvgIpc) is 3.35. The van der Waals surface area contributed by atoms with Crippen LogP contribution >= 0.6 is 0 Å². The molecule has 8 heteroatoms. The molecule has 2 amide bonds. The van der Waals surface area contributed by atoms with Gasteiger partial charge in [0.25, 0.3) is 0 Å². The van der Waals surface area contributed by atoms with Crippen molar-refractivity contribution in [2.45, 2.75) is 30.3 Å². The molecule has 1 aromatic rings. The number of sulfonamides is 1. The van der Waals surface area contributed by atoms with Gasteiger partial charge in [0.1, 0.15) is 0 Å². The van der Waals surface area contributed by atoms with Crippen LogP contribution in [-0.4, -0.2) is 50.7 Å². The molecule has 7 nitrogen and oxygen atoms in total. The first-order chi connectivity index (χ1) is 10.5. The van der Waals surface area contributed by atoms with Gasteiger partial charge in [0.05, 0.1) is 11.5 Å². The number of rotatable bonds is 7. The van der Waals surface area contributed by atoms with E-state index in [1.807, 2.05) is 0 Å². The summed E-state index contributed by atoms with van der Waals surface area (Å²) in [4.78, 5) is 13.9. The lowest BCUT2D eigenvalue weighted by Crippen LogP contribution is -2.42. The SMILES string of the molecule is CNS(=O)(=O)c1ccc(CNC(=O)N(CCO)C2CC2)cc1. The molecule has 3 N–H and O–H groups in total. The third-order valence-corrected chi connectivity index (χ3v) is 4.97. The largest absolute Gasteiger partial charge is 0.395 e. The number of benzene rings is 1. The van der Waals surface area contributed by atoms with Crippen molar-refractivity contribution in [1.29, 1.82) is 0 Å². The highest BCUT2D eigenvalue weighted by atomic mass is 32.2. The molecule has 1 aliphatic rings. The van der Waals surface area contributed by atoms with Crippen molar-refractivity contribution < 1.29 is 18.3 Å². The van der Waals surface area contributed by atoms with Crippen molar-refractivity contribution in [2.24, 2.45) is 0 Å². The quantitative estimate of drug-likeness (QED) is 0.669. The first-order valence-electron chi connectivity index (χ1n) is 7.15. The number of nitrogens with one attached hydrogen (secondary N) is 2. The van der Waals surface area contributed by atoms with Crippen molar-refractivity contribution in [3.8, 4) is 0 Å². The molecule has 1 aromatic carbocycles. The minimum atomic E-state index is -3.44. The molecule has 0 unspecified atom stereocenters. The zero-order valence-corrected chi connectivity index (χ0v) is 13.3. The number of carbonyl (C=O) groups is 1. The normalized spacial score (nSPS) is 14.6. The number of aliphatic hydroxyl groups excluding tert-OH is 1. The van der Waals surface area contributed by atoms with Crippen molar-refractivity contribution in [1.82, 2.24) is 14.9 Å². The fourth-order valence-electron chi connectivity index (χ4n) is 2.13. The highest BCUT2D eigenvalue weighted by molar-refractivity contribution is 7.89. The Morgan fingerprint density at radius 1 is 1.32 bits per heavy atom. The lowest BCUT2D eigenvalue weighted by atomic mass is 10.2. The second-order valence-corrected chi connectivity index (χ2v) is 7.04. The Balaban J connectivity index is 1.92. The molecule has 1 fully saturated rings. The van der Waals surface area contributed by atoms with E-state index in [1.165, 1.54) is 19.2 Å². The van der Waals surface area contributed by atoms with Crippen molar-refractivity contribution >= 4 is 16.1 Å². The van der Waals surface area contributed by atoms with E-state index in [-0.39, 0.29) is 23.6 Å². The van der Waals surface area contributed by atoms with Gasteiger partial charge in [-0.1, -0.05) is 12.1 Å². The highest BCUT2D eigenvalue weighted by Gasteiger charge is 2.31. The van der Waals surface area contributed by atoms with E-state index in [2.05, 4.69) is 10.0 Å². The van der Waals surface area contributed by atoms with E-state index in [9.17, 15) is 13.2 Å². The Hall–Kier alpha value is -1.64. The standard InChI is InChI=1S/C14H21N3O4S/c1-15-22(20,21)13-6-2-11(3-7-13)10-16-14(19)17(8-9-18)12-4-5-12/h2-3,6-7,12,15,18H,4-5,8-10H2,1H3,(H,16,19). The average molecular weight is 327 g/mol. The fourth-order valence-corrected chi connectivity index (χ4v) is 2.86. The van der Waals surface area contributed by atoms with E-state index in [1.54, 1.807) is 17.0 Å². The fraction of sp³-hybridized carbons (Fsp3) is 0.500. The van der Waals surface area contributed by atoms with Crippen LogP contribution in [0.5, 0.6) is 0 Å². The minimum absolute atomic E-state index is 0.0551. The van der Waals surface area contributed by atoms with E-state index in [0.717, 1.165) is 18.4 Å². The zero-order valence-electron chi connectivity index (χ0n) is 12.4. The minimum Gasteiger partial charge on any atom is -0.395 e. The first-order valence-corrected chi connectivity index (χ1v) is 8.64. The molecule has 122 valence electrons. The van der Waals surface area contributed by atoms with Crippen LogP contribution in [0.15, 0.2) is 29.2 Å². The molecule has 0 aliphatic heterocycles. The van der Waals surface area contributed by atoms with Crippen molar-refractivity contribution in [3.63, 3.8) is 0 Å². The zero-order chi connectivity index (χ0) is 16.2. The van der Waals surface area contributed by atoms with Crippen LogP contribution in [0.25, 0.3) is 0 Å². The third-order valence-electron chi connectivity index (χ3n) is 3.54. The number of urea groups is 1. The molecule has 1 aliphatic carbocycles. The Morgan fingerprint density at radius 3 is 2.45 bits per heavy atom. The van der Waals surface area contributed by atoms with Gasteiger partial charge in [-0.3, -0.25) is 0 Å². The van der Waals surface area contributed by atoms with E-state index >= 15 is 0 Å². The van der Waals surface area contributed by atoms with Gasteiger partial charge in [-0.2, -0.15) is 0 Å². The molecule has 0 spiro atoms. The van der Waals surface area contributed by atoms with Crippen molar-refractivity contribution in [2.75, 3.05) is 20.2 Å². The molecule has 0 bridgehead atoms. The van der Waals surface area contributed by atoms with Gasteiger partial charge in [-0.05, 0) is 37.6 Å². The molecule has 2 rings (SSSR count). The summed E-state index contributed by atoms with van der Waals surface area (Å²) in [7, 11) is -2.09. The molecular weight excluding hydrogens is 306 g/mol. The smallest absolute Gasteiger partial charge is 0.317 e. The number of nitrogens with zero attached hydrogens (tertiary/aromatic N) is 1. The Kier molecular flexibility index (Phi) is 5.38. The topological polar surface area (TPSA) is 98.7 Å².